The highest BCUT2D eigenvalue weighted by Crippen LogP contribution is 2.29. The Morgan fingerprint density at radius 2 is 1.22 bits per heavy atom. The van der Waals surface area contributed by atoms with Gasteiger partial charge in [0.05, 0.1) is 54.9 Å². The maximum absolute atomic E-state index is 11.7. The van der Waals surface area contributed by atoms with Crippen molar-refractivity contribution in [3.8, 4) is 0 Å². The summed E-state index contributed by atoms with van der Waals surface area (Å²) in [4.78, 5) is 11.7. The van der Waals surface area contributed by atoms with Gasteiger partial charge in [0.15, 0.2) is 0 Å². The number of cyclic esters (lactones) is 1. The van der Waals surface area contributed by atoms with Crippen molar-refractivity contribution in [2.45, 2.75) is 203 Å². The summed E-state index contributed by atoms with van der Waals surface area (Å²) >= 11 is 0. The lowest BCUT2D eigenvalue weighted by Crippen LogP contribution is -2.34. The average molecular weight is 645 g/mol. The summed E-state index contributed by atoms with van der Waals surface area (Å²) in [6.07, 6.45) is 9.08. The van der Waals surface area contributed by atoms with Gasteiger partial charge in [0, 0.05) is 18.4 Å². The molecule has 1 saturated heterocycles. The summed E-state index contributed by atoms with van der Waals surface area (Å²) in [6.45, 7) is 3.98. The number of aliphatic hydroxyl groups excluding tert-OH is 7. The van der Waals surface area contributed by atoms with E-state index in [1.54, 1.807) is 13.0 Å². The van der Waals surface area contributed by atoms with Crippen molar-refractivity contribution in [1.29, 1.82) is 0 Å². The Kier molecular flexibility index (Phi) is 20.0. The molecule has 10 nitrogen and oxygen atoms in total. The van der Waals surface area contributed by atoms with Gasteiger partial charge in [-0.2, -0.15) is 0 Å². The lowest BCUT2D eigenvalue weighted by Gasteiger charge is -2.25. The van der Waals surface area contributed by atoms with Gasteiger partial charge < -0.3 is 45.2 Å². The molecular formula is C35H64O10. The Morgan fingerprint density at radius 1 is 0.667 bits per heavy atom. The predicted octanol–water partition coefficient (Wildman–Crippen LogP) is 3.97. The van der Waals surface area contributed by atoms with Crippen LogP contribution >= 0.6 is 0 Å². The molecule has 10 atom stereocenters. The number of unbranched alkanes of at least 4 members (excludes halogenated alkanes) is 9. The molecule has 2 aliphatic rings. The van der Waals surface area contributed by atoms with E-state index >= 15 is 0 Å². The van der Waals surface area contributed by atoms with Crippen LogP contribution in [0.2, 0.25) is 0 Å². The van der Waals surface area contributed by atoms with Gasteiger partial charge in [0.2, 0.25) is 0 Å². The maximum Gasteiger partial charge on any atom is 0.334 e. The van der Waals surface area contributed by atoms with E-state index in [1.165, 1.54) is 44.9 Å². The monoisotopic (exact) mass is 644 g/mol. The average Bonchev–Trinajstić information content (AvgIpc) is 3.61. The fourth-order valence-electron chi connectivity index (χ4n) is 6.49. The number of carbonyl (C=O) groups excluding carboxylic acids is 1. The van der Waals surface area contributed by atoms with Crippen LogP contribution in [-0.2, 0) is 14.3 Å². The van der Waals surface area contributed by atoms with Crippen LogP contribution < -0.4 is 0 Å². The third-order valence-corrected chi connectivity index (χ3v) is 9.34. The van der Waals surface area contributed by atoms with Gasteiger partial charge in [-0.15, -0.1) is 0 Å². The number of ether oxygens (including phenoxy) is 2. The van der Waals surface area contributed by atoms with Gasteiger partial charge >= 0.3 is 5.97 Å². The third-order valence-electron chi connectivity index (χ3n) is 9.34. The first kappa shape index (κ1) is 40.1. The molecule has 0 aliphatic carbocycles. The summed E-state index contributed by atoms with van der Waals surface area (Å²) in [5.41, 5.74) is 0.446. The standard InChI is InChI=1S/C35H64O10/c1-3-4-5-6-7-8-9-10-11-12-13-29(39)30(40)16-14-27(37)22-28(38)23-32(42)34-19-18-33(45-34)31(41)17-15-26(36)21-25-20-24(2)44-35(25)43/h20,24,26-34,36-42H,3-19,21-23H2,1-2H3/t24?,26?,27-,28+,29+,30+,31-,32+,33+,34+/m1/s1. The van der Waals surface area contributed by atoms with Crippen LogP contribution in [0.4, 0.5) is 0 Å². The van der Waals surface area contributed by atoms with Crippen LogP contribution in [0.1, 0.15) is 142 Å². The normalized spacial score (nSPS) is 25.0. The minimum absolute atomic E-state index is 0.0107. The van der Waals surface area contributed by atoms with E-state index in [2.05, 4.69) is 6.92 Å². The molecule has 0 aromatic rings. The van der Waals surface area contributed by atoms with Gasteiger partial charge in [0.25, 0.3) is 0 Å². The molecule has 0 saturated carbocycles. The Labute approximate surface area is 270 Å². The van der Waals surface area contributed by atoms with Crippen molar-refractivity contribution in [2.24, 2.45) is 0 Å². The molecule has 2 unspecified atom stereocenters. The van der Waals surface area contributed by atoms with E-state index in [4.69, 9.17) is 9.47 Å². The molecule has 10 heteroatoms. The molecule has 0 spiro atoms. The molecule has 2 rings (SSSR count). The molecule has 0 aromatic carbocycles. The molecule has 2 aliphatic heterocycles. The number of aliphatic hydroxyl groups is 7. The van der Waals surface area contributed by atoms with E-state index in [9.17, 15) is 40.5 Å². The Balaban J connectivity index is 1.54. The van der Waals surface area contributed by atoms with Crippen molar-refractivity contribution in [2.75, 3.05) is 0 Å². The Morgan fingerprint density at radius 3 is 1.82 bits per heavy atom. The van der Waals surface area contributed by atoms with E-state index in [0.29, 0.717) is 24.8 Å². The third kappa shape index (κ3) is 16.5. The second-order valence-electron chi connectivity index (χ2n) is 13.6. The van der Waals surface area contributed by atoms with Gasteiger partial charge in [-0.3, -0.25) is 0 Å². The Hall–Kier alpha value is -1.11. The topological polar surface area (TPSA) is 177 Å². The first-order valence-corrected chi connectivity index (χ1v) is 17.8. The summed E-state index contributed by atoms with van der Waals surface area (Å²) in [5.74, 6) is -0.418. The minimum Gasteiger partial charge on any atom is -0.455 e. The van der Waals surface area contributed by atoms with Crippen molar-refractivity contribution in [3.05, 3.63) is 11.6 Å². The maximum atomic E-state index is 11.7. The van der Waals surface area contributed by atoms with Gasteiger partial charge in [-0.25, -0.2) is 4.79 Å². The molecule has 0 aromatic heterocycles. The minimum atomic E-state index is -0.967. The van der Waals surface area contributed by atoms with Crippen LogP contribution in [0.3, 0.4) is 0 Å². The van der Waals surface area contributed by atoms with E-state index in [0.717, 1.165) is 19.3 Å². The van der Waals surface area contributed by atoms with Crippen LogP contribution in [0.25, 0.3) is 0 Å². The first-order valence-electron chi connectivity index (χ1n) is 17.8. The fourth-order valence-corrected chi connectivity index (χ4v) is 6.49. The molecule has 264 valence electrons. The van der Waals surface area contributed by atoms with Gasteiger partial charge in [-0.1, -0.05) is 71.1 Å². The number of hydrogen-bond acceptors (Lipinski definition) is 10. The predicted molar refractivity (Wildman–Crippen MR) is 172 cm³/mol. The number of rotatable bonds is 26. The van der Waals surface area contributed by atoms with Crippen molar-refractivity contribution in [1.82, 2.24) is 0 Å². The summed E-state index contributed by atoms with van der Waals surface area (Å²) in [7, 11) is 0. The zero-order chi connectivity index (χ0) is 33.2. The van der Waals surface area contributed by atoms with Crippen molar-refractivity contribution < 1.29 is 50.0 Å². The van der Waals surface area contributed by atoms with Gasteiger partial charge in [-0.05, 0) is 64.4 Å². The second kappa shape index (κ2) is 22.5. The number of carbonyl (C=O) groups is 1. The molecule has 7 N–H and O–H groups in total. The summed E-state index contributed by atoms with van der Waals surface area (Å²) in [5, 5.41) is 72.9. The first-order chi connectivity index (χ1) is 21.5. The smallest absolute Gasteiger partial charge is 0.334 e. The van der Waals surface area contributed by atoms with E-state index in [-0.39, 0.29) is 51.0 Å². The highest BCUT2D eigenvalue weighted by atomic mass is 16.5. The quantitative estimate of drug-likeness (QED) is 0.0539. The number of hydrogen-bond donors (Lipinski definition) is 7. The Bertz CT molecular complexity index is 822. The molecule has 1 fully saturated rings. The van der Waals surface area contributed by atoms with Crippen LogP contribution in [0.15, 0.2) is 11.6 Å². The van der Waals surface area contributed by atoms with Crippen molar-refractivity contribution >= 4 is 5.97 Å². The van der Waals surface area contributed by atoms with Crippen LogP contribution in [-0.4, -0.2) is 103 Å². The molecule has 0 radical (unpaired) electrons. The van der Waals surface area contributed by atoms with Crippen molar-refractivity contribution in [3.63, 3.8) is 0 Å². The zero-order valence-corrected chi connectivity index (χ0v) is 27.8. The molecular weight excluding hydrogens is 580 g/mol. The van der Waals surface area contributed by atoms with E-state index < -0.39 is 60.9 Å². The number of esters is 1. The largest absolute Gasteiger partial charge is 0.455 e. The SMILES string of the molecule is CCCCCCCCCCCC[C@H](O)[C@@H](O)CC[C@@H](O)C[C@H](O)C[C@H](O)[C@@H]1CC[C@@H]([C@H](O)CCC(O)CC2=CC(C)OC2=O)O1. The van der Waals surface area contributed by atoms with Crippen LogP contribution in [0.5, 0.6) is 0 Å². The highest BCUT2D eigenvalue weighted by Gasteiger charge is 2.36. The molecule has 0 bridgehead atoms. The molecule has 2 heterocycles. The molecule has 45 heavy (non-hydrogen) atoms. The van der Waals surface area contributed by atoms with Gasteiger partial charge in [0.1, 0.15) is 6.10 Å². The van der Waals surface area contributed by atoms with E-state index in [1.807, 2.05) is 0 Å². The highest BCUT2D eigenvalue weighted by molar-refractivity contribution is 5.90. The zero-order valence-electron chi connectivity index (χ0n) is 27.8. The lowest BCUT2D eigenvalue weighted by molar-refractivity contribution is -0.139. The van der Waals surface area contributed by atoms with Crippen LogP contribution in [0, 0.1) is 0 Å². The summed E-state index contributed by atoms with van der Waals surface area (Å²) < 4.78 is 10.9. The lowest BCUT2D eigenvalue weighted by atomic mass is 9.96. The second-order valence-corrected chi connectivity index (χ2v) is 13.6. The fraction of sp³-hybridized carbons (Fsp3) is 0.914. The molecule has 0 amide bonds. The summed E-state index contributed by atoms with van der Waals surface area (Å²) in [6, 6.07) is 0.